The number of ether oxygens (including phenoxy) is 1. The standard InChI is InChI=1S/C17H22N2O3/c1-12(20)18-11-16-10-17(19-22-16)15-4-2-13(3-5-15)14-6-8-21-9-7-14/h2-5,10,14,16,19H,6-9,11H2,1H3,(H,18,20). The lowest BCUT2D eigenvalue weighted by molar-refractivity contribution is -0.119. The summed E-state index contributed by atoms with van der Waals surface area (Å²) in [5.74, 6) is 0.559. The van der Waals surface area contributed by atoms with Crippen LogP contribution in [-0.4, -0.2) is 31.8 Å². The molecule has 1 aromatic carbocycles. The first-order valence-electron chi connectivity index (χ1n) is 7.78. The lowest BCUT2D eigenvalue weighted by Crippen LogP contribution is -2.30. The summed E-state index contributed by atoms with van der Waals surface area (Å²) in [7, 11) is 0. The molecule has 0 saturated carbocycles. The monoisotopic (exact) mass is 302 g/mol. The van der Waals surface area contributed by atoms with Gasteiger partial charge < -0.3 is 10.1 Å². The van der Waals surface area contributed by atoms with E-state index in [0.29, 0.717) is 12.5 Å². The van der Waals surface area contributed by atoms with Crippen molar-refractivity contribution in [3.63, 3.8) is 0 Å². The van der Waals surface area contributed by atoms with Crippen molar-refractivity contribution in [1.82, 2.24) is 10.8 Å². The molecule has 2 aliphatic heterocycles. The number of rotatable bonds is 4. The van der Waals surface area contributed by atoms with Crippen LogP contribution in [0.4, 0.5) is 0 Å². The molecule has 1 aromatic rings. The molecule has 0 radical (unpaired) electrons. The molecule has 22 heavy (non-hydrogen) atoms. The maximum absolute atomic E-state index is 10.9. The maximum atomic E-state index is 10.9. The molecule has 2 aliphatic rings. The minimum Gasteiger partial charge on any atom is -0.381 e. The zero-order valence-corrected chi connectivity index (χ0v) is 12.8. The van der Waals surface area contributed by atoms with E-state index in [4.69, 9.17) is 9.57 Å². The number of amides is 1. The minimum absolute atomic E-state index is 0.0498. The minimum atomic E-state index is -0.130. The lowest BCUT2D eigenvalue weighted by Gasteiger charge is -2.22. The van der Waals surface area contributed by atoms with Gasteiger partial charge in [0.1, 0.15) is 6.10 Å². The summed E-state index contributed by atoms with van der Waals surface area (Å²) in [5.41, 5.74) is 6.36. The van der Waals surface area contributed by atoms with Crippen LogP contribution in [0.3, 0.4) is 0 Å². The largest absolute Gasteiger partial charge is 0.381 e. The van der Waals surface area contributed by atoms with Gasteiger partial charge in [0.2, 0.25) is 5.91 Å². The smallest absolute Gasteiger partial charge is 0.216 e. The highest BCUT2D eigenvalue weighted by Crippen LogP contribution is 2.28. The summed E-state index contributed by atoms with van der Waals surface area (Å²) in [6.45, 7) is 3.70. The Morgan fingerprint density at radius 1 is 1.27 bits per heavy atom. The van der Waals surface area contributed by atoms with Crippen molar-refractivity contribution in [2.24, 2.45) is 0 Å². The van der Waals surface area contributed by atoms with E-state index in [2.05, 4.69) is 35.1 Å². The Kier molecular flexibility index (Phi) is 4.75. The van der Waals surface area contributed by atoms with Crippen LogP contribution in [0.1, 0.15) is 36.8 Å². The average molecular weight is 302 g/mol. The molecule has 5 nitrogen and oxygen atoms in total. The summed E-state index contributed by atoms with van der Waals surface area (Å²) in [5, 5.41) is 2.75. The molecule has 2 N–H and O–H groups in total. The Hall–Kier alpha value is -1.85. The Bertz CT molecular complexity index is 548. The number of carbonyl (C=O) groups excluding carboxylic acids is 1. The molecular weight excluding hydrogens is 280 g/mol. The normalized spacial score (nSPS) is 22.0. The quantitative estimate of drug-likeness (QED) is 0.892. The Morgan fingerprint density at radius 2 is 2.00 bits per heavy atom. The van der Waals surface area contributed by atoms with Crippen LogP contribution < -0.4 is 10.8 Å². The zero-order valence-electron chi connectivity index (χ0n) is 12.8. The summed E-state index contributed by atoms with van der Waals surface area (Å²) >= 11 is 0. The van der Waals surface area contributed by atoms with Gasteiger partial charge in [-0.2, -0.15) is 0 Å². The van der Waals surface area contributed by atoms with Gasteiger partial charge in [0.15, 0.2) is 0 Å². The second-order valence-electron chi connectivity index (χ2n) is 5.78. The molecule has 1 fully saturated rings. The highest BCUT2D eigenvalue weighted by Gasteiger charge is 2.19. The fourth-order valence-corrected chi connectivity index (χ4v) is 2.86. The van der Waals surface area contributed by atoms with Crippen molar-refractivity contribution in [2.45, 2.75) is 31.8 Å². The number of benzene rings is 1. The number of hydroxylamine groups is 1. The molecule has 1 saturated heterocycles. The Morgan fingerprint density at radius 3 is 2.68 bits per heavy atom. The summed E-state index contributed by atoms with van der Waals surface area (Å²) in [6.07, 6.45) is 4.07. The summed E-state index contributed by atoms with van der Waals surface area (Å²) in [4.78, 5) is 16.4. The second-order valence-corrected chi connectivity index (χ2v) is 5.78. The van der Waals surface area contributed by atoms with Gasteiger partial charge in [-0.1, -0.05) is 24.3 Å². The molecule has 2 heterocycles. The fraction of sp³-hybridized carbons (Fsp3) is 0.471. The van der Waals surface area contributed by atoms with Gasteiger partial charge in [0.05, 0.1) is 12.2 Å². The van der Waals surface area contributed by atoms with Crippen molar-refractivity contribution in [1.29, 1.82) is 0 Å². The van der Waals surface area contributed by atoms with Crippen molar-refractivity contribution in [2.75, 3.05) is 19.8 Å². The summed E-state index contributed by atoms with van der Waals surface area (Å²) < 4.78 is 5.41. The molecule has 3 rings (SSSR count). The average Bonchev–Trinajstić information content (AvgIpc) is 3.03. The third-order valence-corrected chi connectivity index (χ3v) is 4.14. The Labute approximate surface area is 130 Å². The highest BCUT2D eigenvalue weighted by molar-refractivity contribution is 5.73. The van der Waals surface area contributed by atoms with Gasteiger partial charge in [-0.15, -0.1) is 0 Å². The van der Waals surface area contributed by atoms with Gasteiger partial charge >= 0.3 is 0 Å². The molecular formula is C17H22N2O3. The van der Waals surface area contributed by atoms with Gasteiger partial charge in [0.25, 0.3) is 0 Å². The number of hydrogen-bond donors (Lipinski definition) is 2. The Balaban J connectivity index is 1.63. The predicted octanol–water partition coefficient (Wildman–Crippen LogP) is 1.96. The van der Waals surface area contributed by atoms with E-state index in [9.17, 15) is 4.79 Å². The van der Waals surface area contributed by atoms with E-state index in [0.717, 1.165) is 37.3 Å². The molecule has 5 heteroatoms. The molecule has 0 aromatic heterocycles. The number of hydrogen-bond acceptors (Lipinski definition) is 4. The highest BCUT2D eigenvalue weighted by atomic mass is 16.7. The van der Waals surface area contributed by atoms with Gasteiger partial charge in [-0.25, -0.2) is 0 Å². The second kappa shape index (κ2) is 6.94. The van der Waals surface area contributed by atoms with Crippen molar-refractivity contribution in [3.05, 3.63) is 41.5 Å². The van der Waals surface area contributed by atoms with Gasteiger partial charge in [-0.05, 0) is 36.0 Å². The first-order valence-corrected chi connectivity index (χ1v) is 7.78. The van der Waals surface area contributed by atoms with Crippen LogP contribution in [0, 0.1) is 0 Å². The molecule has 1 atom stereocenters. The number of nitrogens with one attached hydrogen (secondary N) is 2. The molecule has 0 bridgehead atoms. The van der Waals surface area contributed by atoms with Crippen LogP contribution in [0.25, 0.3) is 5.70 Å². The topological polar surface area (TPSA) is 59.6 Å². The molecule has 118 valence electrons. The maximum Gasteiger partial charge on any atom is 0.216 e. The fourth-order valence-electron chi connectivity index (χ4n) is 2.86. The zero-order chi connectivity index (χ0) is 15.4. The van der Waals surface area contributed by atoms with E-state index in [1.807, 2.05) is 6.08 Å². The van der Waals surface area contributed by atoms with Gasteiger partial charge in [-0.3, -0.25) is 15.1 Å². The third kappa shape index (κ3) is 3.67. The first-order chi connectivity index (χ1) is 10.7. The summed E-state index contributed by atoms with van der Waals surface area (Å²) in [6, 6.07) is 8.62. The predicted molar refractivity (Wildman–Crippen MR) is 83.9 cm³/mol. The van der Waals surface area contributed by atoms with E-state index < -0.39 is 0 Å². The SMILES string of the molecule is CC(=O)NCC1C=C(c2ccc(C3CCOCC3)cc2)NO1. The van der Waals surface area contributed by atoms with Crippen molar-refractivity contribution in [3.8, 4) is 0 Å². The van der Waals surface area contributed by atoms with E-state index >= 15 is 0 Å². The molecule has 0 spiro atoms. The molecule has 0 aliphatic carbocycles. The first kappa shape index (κ1) is 15.1. The van der Waals surface area contributed by atoms with Crippen LogP contribution >= 0.6 is 0 Å². The van der Waals surface area contributed by atoms with E-state index in [-0.39, 0.29) is 12.0 Å². The molecule has 1 amide bonds. The van der Waals surface area contributed by atoms with E-state index in [1.54, 1.807) is 0 Å². The van der Waals surface area contributed by atoms with Crippen molar-refractivity contribution < 1.29 is 14.4 Å². The van der Waals surface area contributed by atoms with Crippen LogP contribution in [0.2, 0.25) is 0 Å². The van der Waals surface area contributed by atoms with E-state index in [1.165, 1.54) is 12.5 Å². The van der Waals surface area contributed by atoms with Crippen molar-refractivity contribution >= 4 is 11.6 Å². The number of carbonyl (C=O) groups is 1. The molecule has 1 unspecified atom stereocenters. The van der Waals surface area contributed by atoms with Crippen LogP contribution in [0.5, 0.6) is 0 Å². The third-order valence-electron chi connectivity index (χ3n) is 4.14. The van der Waals surface area contributed by atoms with Crippen LogP contribution in [-0.2, 0) is 14.4 Å². The lowest BCUT2D eigenvalue weighted by atomic mass is 9.91. The van der Waals surface area contributed by atoms with Crippen LogP contribution in [0.15, 0.2) is 30.3 Å². The van der Waals surface area contributed by atoms with Gasteiger partial charge in [0, 0.05) is 20.1 Å².